The van der Waals surface area contributed by atoms with E-state index in [-0.39, 0.29) is 6.61 Å². The first-order valence-corrected chi connectivity index (χ1v) is 6.11. The lowest BCUT2D eigenvalue weighted by molar-refractivity contribution is 0.0272. The summed E-state index contributed by atoms with van der Waals surface area (Å²) in [6.07, 6.45) is 0. The normalized spacial score (nSPS) is 11.4. The van der Waals surface area contributed by atoms with Crippen LogP contribution in [0.2, 0.25) is 5.02 Å². The van der Waals surface area contributed by atoms with Crippen LogP contribution in [-0.4, -0.2) is 31.5 Å². The molecule has 1 aromatic rings. The van der Waals surface area contributed by atoms with Gasteiger partial charge in [-0.3, -0.25) is 0 Å². The van der Waals surface area contributed by atoms with Gasteiger partial charge in [-0.1, -0.05) is 11.6 Å². The first kappa shape index (κ1) is 15.1. The van der Waals surface area contributed by atoms with Crippen molar-refractivity contribution in [2.24, 2.45) is 0 Å². The van der Waals surface area contributed by atoms with Crippen LogP contribution < -0.4 is 14.8 Å². The molecule has 1 aromatic carbocycles. The third kappa shape index (κ3) is 4.37. The molecule has 0 unspecified atom stereocenters. The minimum atomic E-state index is -0.901. The molecule has 0 saturated heterocycles. The number of methoxy groups -OCH3 is 1. The monoisotopic (exact) mass is 273 g/mol. The van der Waals surface area contributed by atoms with E-state index in [0.717, 1.165) is 5.56 Å². The van der Waals surface area contributed by atoms with Gasteiger partial charge in [0.1, 0.15) is 6.61 Å². The van der Waals surface area contributed by atoms with Crippen molar-refractivity contribution < 1.29 is 14.6 Å². The van der Waals surface area contributed by atoms with Crippen molar-refractivity contribution in [3.63, 3.8) is 0 Å². The van der Waals surface area contributed by atoms with E-state index in [9.17, 15) is 5.11 Å². The van der Waals surface area contributed by atoms with Gasteiger partial charge < -0.3 is 19.9 Å². The molecule has 4 nitrogen and oxygen atoms in total. The smallest absolute Gasteiger partial charge is 0.165 e. The number of benzene rings is 1. The lowest BCUT2D eigenvalue weighted by Gasteiger charge is -2.21. The van der Waals surface area contributed by atoms with Crippen molar-refractivity contribution in [3.8, 4) is 11.5 Å². The fourth-order valence-corrected chi connectivity index (χ4v) is 1.74. The Kier molecular flexibility index (Phi) is 5.26. The van der Waals surface area contributed by atoms with E-state index in [4.69, 9.17) is 21.1 Å². The Morgan fingerprint density at radius 1 is 1.39 bits per heavy atom. The quantitative estimate of drug-likeness (QED) is 0.834. The molecular weight excluding hydrogens is 254 g/mol. The summed E-state index contributed by atoms with van der Waals surface area (Å²) in [6.45, 7) is 4.17. The van der Waals surface area contributed by atoms with Crippen molar-refractivity contribution in [1.82, 2.24) is 5.32 Å². The summed E-state index contributed by atoms with van der Waals surface area (Å²) in [7, 11) is 3.40. The zero-order valence-corrected chi connectivity index (χ0v) is 12.0. The first-order valence-electron chi connectivity index (χ1n) is 5.73. The summed E-state index contributed by atoms with van der Waals surface area (Å²) in [4.78, 5) is 0. The lowest BCUT2D eigenvalue weighted by atomic mass is 10.1. The number of ether oxygens (including phenoxy) is 2. The topological polar surface area (TPSA) is 50.7 Å². The Morgan fingerprint density at radius 2 is 2.06 bits per heavy atom. The van der Waals surface area contributed by atoms with E-state index in [1.165, 1.54) is 0 Å². The molecule has 0 heterocycles. The van der Waals surface area contributed by atoms with Crippen molar-refractivity contribution in [2.75, 3.05) is 20.8 Å². The first-order chi connectivity index (χ1) is 8.37. The molecule has 0 aromatic heterocycles. The molecule has 0 bridgehead atoms. The van der Waals surface area contributed by atoms with Crippen molar-refractivity contribution in [3.05, 3.63) is 22.7 Å². The summed E-state index contributed by atoms with van der Waals surface area (Å²) >= 11 is 6.01. The van der Waals surface area contributed by atoms with Gasteiger partial charge in [-0.2, -0.15) is 0 Å². The van der Waals surface area contributed by atoms with Crippen LogP contribution in [0.1, 0.15) is 19.4 Å². The van der Waals surface area contributed by atoms with Gasteiger partial charge in [0.25, 0.3) is 0 Å². The summed E-state index contributed by atoms with van der Waals surface area (Å²) in [5, 5.41) is 13.3. The van der Waals surface area contributed by atoms with Crippen LogP contribution in [0.3, 0.4) is 0 Å². The number of halogens is 1. The van der Waals surface area contributed by atoms with Gasteiger partial charge in [-0.15, -0.1) is 0 Å². The van der Waals surface area contributed by atoms with Crippen LogP contribution >= 0.6 is 11.6 Å². The second-order valence-electron chi connectivity index (χ2n) is 4.73. The molecule has 0 radical (unpaired) electrons. The van der Waals surface area contributed by atoms with E-state index < -0.39 is 5.60 Å². The number of aliphatic hydroxyl groups is 1. The fraction of sp³-hybridized carbons (Fsp3) is 0.538. The van der Waals surface area contributed by atoms with Crippen molar-refractivity contribution in [1.29, 1.82) is 0 Å². The van der Waals surface area contributed by atoms with Gasteiger partial charge >= 0.3 is 0 Å². The third-order valence-electron chi connectivity index (χ3n) is 2.25. The van der Waals surface area contributed by atoms with Gasteiger partial charge in [0.05, 0.1) is 12.7 Å². The van der Waals surface area contributed by atoms with E-state index >= 15 is 0 Å². The standard InChI is InChI=1S/C13H20ClNO3/c1-13(2,16)8-18-12-9(7-15-3)5-10(14)6-11(12)17-4/h5-6,15-16H,7-8H2,1-4H3. The van der Waals surface area contributed by atoms with Crippen LogP contribution in [0.15, 0.2) is 12.1 Å². The van der Waals surface area contributed by atoms with Gasteiger partial charge in [0, 0.05) is 23.2 Å². The Labute approximate surface area is 113 Å². The molecule has 0 amide bonds. The van der Waals surface area contributed by atoms with E-state index in [2.05, 4.69) is 5.32 Å². The van der Waals surface area contributed by atoms with Gasteiger partial charge in [0.15, 0.2) is 11.5 Å². The van der Waals surface area contributed by atoms with Gasteiger partial charge in [-0.05, 0) is 27.0 Å². The van der Waals surface area contributed by atoms with Crippen LogP contribution in [0.4, 0.5) is 0 Å². The molecule has 0 aliphatic heterocycles. The second kappa shape index (κ2) is 6.27. The largest absolute Gasteiger partial charge is 0.493 e. The Morgan fingerprint density at radius 3 is 2.56 bits per heavy atom. The maximum absolute atomic E-state index is 9.71. The molecule has 0 spiro atoms. The SMILES string of the molecule is CNCc1cc(Cl)cc(OC)c1OCC(C)(C)O. The molecule has 0 saturated carbocycles. The molecule has 18 heavy (non-hydrogen) atoms. The average Bonchev–Trinajstić information content (AvgIpc) is 2.26. The average molecular weight is 274 g/mol. The highest BCUT2D eigenvalue weighted by Crippen LogP contribution is 2.35. The fourth-order valence-electron chi connectivity index (χ4n) is 1.51. The highest BCUT2D eigenvalue weighted by atomic mass is 35.5. The maximum Gasteiger partial charge on any atom is 0.165 e. The Bertz CT molecular complexity index is 402. The molecule has 102 valence electrons. The van der Waals surface area contributed by atoms with Crippen LogP contribution in [0.5, 0.6) is 11.5 Å². The van der Waals surface area contributed by atoms with Crippen molar-refractivity contribution in [2.45, 2.75) is 26.0 Å². The van der Waals surface area contributed by atoms with Crippen LogP contribution in [0.25, 0.3) is 0 Å². The van der Waals surface area contributed by atoms with Crippen molar-refractivity contribution >= 4 is 11.6 Å². The minimum absolute atomic E-state index is 0.182. The highest BCUT2D eigenvalue weighted by Gasteiger charge is 2.18. The molecule has 5 heteroatoms. The zero-order chi connectivity index (χ0) is 13.8. The summed E-state index contributed by atoms with van der Waals surface area (Å²) in [6, 6.07) is 3.51. The summed E-state index contributed by atoms with van der Waals surface area (Å²) < 4.78 is 10.9. The molecular formula is C13H20ClNO3. The Balaban J connectivity index is 3.04. The van der Waals surface area contributed by atoms with Crippen LogP contribution in [-0.2, 0) is 6.54 Å². The molecule has 0 aliphatic carbocycles. The molecule has 0 fully saturated rings. The second-order valence-corrected chi connectivity index (χ2v) is 5.16. The van der Waals surface area contributed by atoms with Gasteiger partial charge in [-0.25, -0.2) is 0 Å². The zero-order valence-electron chi connectivity index (χ0n) is 11.2. The van der Waals surface area contributed by atoms with E-state index in [0.29, 0.717) is 23.1 Å². The molecule has 2 N–H and O–H groups in total. The minimum Gasteiger partial charge on any atom is -0.493 e. The lowest BCUT2D eigenvalue weighted by Crippen LogP contribution is -2.28. The number of rotatable bonds is 6. The highest BCUT2D eigenvalue weighted by molar-refractivity contribution is 6.30. The number of nitrogens with one attached hydrogen (secondary N) is 1. The van der Waals surface area contributed by atoms with Crippen LogP contribution in [0, 0.1) is 0 Å². The number of hydrogen-bond acceptors (Lipinski definition) is 4. The predicted octanol–water partition coefficient (Wildman–Crippen LogP) is 2.22. The Hall–Kier alpha value is -0.970. The number of hydrogen-bond donors (Lipinski definition) is 2. The molecule has 1 rings (SSSR count). The third-order valence-corrected chi connectivity index (χ3v) is 2.47. The maximum atomic E-state index is 9.71. The van der Waals surface area contributed by atoms with Gasteiger partial charge in [0.2, 0.25) is 0 Å². The summed E-state index contributed by atoms with van der Waals surface area (Å²) in [5.41, 5.74) is -0.00669. The predicted molar refractivity (Wildman–Crippen MR) is 72.6 cm³/mol. The van der Waals surface area contributed by atoms with E-state index in [1.54, 1.807) is 27.0 Å². The van der Waals surface area contributed by atoms with E-state index in [1.807, 2.05) is 13.1 Å². The summed E-state index contributed by atoms with van der Waals surface area (Å²) in [5.74, 6) is 1.18. The molecule has 0 aliphatic rings. The molecule has 0 atom stereocenters.